The minimum absolute atomic E-state index is 0. The van der Waals surface area contributed by atoms with Gasteiger partial charge in [0.05, 0.1) is 6.61 Å². The zero-order valence-electron chi connectivity index (χ0n) is 10.6. The van der Waals surface area contributed by atoms with Crippen LogP contribution >= 0.6 is 0 Å². The van der Waals surface area contributed by atoms with E-state index in [1.807, 2.05) is 0 Å². The van der Waals surface area contributed by atoms with E-state index in [1.54, 1.807) is 5.56 Å². The SMILES string of the molecule is N.c1cc(C2CC2)c2c3c(ccc2c1)OCCC3. The summed E-state index contributed by atoms with van der Waals surface area (Å²) in [5.41, 5.74) is 3.01. The van der Waals surface area contributed by atoms with Crippen molar-refractivity contribution in [1.29, 1.82) is 0 Å². The lowest BCUT2D eigenvalue weighted by Crippen LogP contribution is -2.09. The lowest BCUT2D eigenvalue weighted by molar-refractivity contribution is 0.289. The number of hydrogen-bond donors (Lipinski definition) is 1. The fourth-order valence-electron chi connectivity index (χ4n) is 3.01. The number of fused-ring (bicyclic) bond motifs is 3. The average molecular weight is 241 g/mol. The van der Waals surface area contributed by atoms with Crippen molar-refractivity contribution < 1.29 is 4.74 Å². The highest BCUT2D eigenvalue weighted by Gasteiger charge is 2.27. The molecule has 0 aromatic heterocycles. The van der Waals surface area contributed by atoms with E-state index in [0.717, 1.165) is 24.7 Å². The number of ether oxygens (including phenoxy) is 1. The number of rotatable bonds is 1. The van der Waals surface area contributed by atoms with Crippen LogP contribution in [0.15, 0.2) is 30.3 Å². The summed E-state index contributed by atoms with van der Waals surface area (Å²) in [4.78, 5) is 0. The van der Waals surface area contributed by atoms with Gasteiger partial charge in [-0.2, -0.15) is 0 Å². The normalized spacial score (nSPS) is 17.8. The number of hydrogen-bond acceptors (Lipinski definition) is 2. The Kier molecular flexibility index (Phi) is 2.75. The molecule has 2 aromatic rings. The molecule has 0 unspecified atom stereocenters. The molecule has 4 rings (SSSR count). The second-order valence-corrected chi connectivity index (χ2v) is 5.21. The molecule has 1 aliphatic carbocycles. The smallest absolute Gasteiger partial charge is 0.123 e. The molecule has 0 saturated heterocycles. The summed E-state index contributed by atoms with van der Waals surface area (Å²) in [6, 6.07) is 11.1. The molecule has 3 N–H and O–H groups in total. The van der Waals surface area contributed by atoms with Gasteiger partial charge in [0.15, 0.2) is 0 Å². The molecule has 1 aliphatic heterocycles. The van der Waals surface area contributed by atoms with Crippen LogP contribution in [-0.4, -0.2) is 6.61 Å². The zero-order chi connectivity index (χ0) is 11.2. The van der Waals surface area contributed by atoms with Crippen LogP contribution in [0.5, 0.6) is 5.75 Å². The van der Waals surface area contributed by atoms with Gasteiger partial charge in [0.2, 0.25) is 0 Å². The van der Waals surface area contributed by atoms with Gasteiger partial charge in [-0.25, -0.2) is 0 Å². The van der Waals surface area contributed by atoms with Crippen LogP contribution in [0.1, 0.15) is 36.3 Å². The first-order chi connectivity index (χ1) is 8.43. The van der Waals surface area contributed by atoms with Gasteiger partial charge >= 0.3 is 0 Å². The Morgan fingerprint density at radius 2 is 1.94 bits per heavy atom. The second kappa shape index (κ2) is 4.29. The van der Waals surface area contributed by atoms with E-state index in [-0.39, 0.29) is 6.15 Å². The first kappa shape index (κ1) is 11.5. The Bertz CT molecular complexity index is 587. The van der Waals surface area contributed by atoms with E-state index >= 15 is 0 Å². The van der Waals surface area contributed by atoms with Crippen LogP contribution in [0.4, 0.5) is 0 Å². The van der Waals surface area contributed by atoms with E-state index in [1.165, 1.54) is 35.6 Å². The van der Waals surface area contributed by atoms with Crippen molar-refractivity contribution in [2.45, 2.75) is 31.6 Å². The molecule has 94 valence electrons. The monoisotopic (exact) mass is 241 g/mol. The third-order valence-corrected chi connectivity index (χ3v) is 3.99. The number of benzene rings is 2. The number of aryl methyl sites for hydroxylation is 1. The van der Waals surface area contributed by atoms with Crippen molar-refractivity contribution in [2.24, 2.45) is 0 Å². The Hall–Kier alpha value is -1.54. The quantitative estimate of drug-likeness (QED) is 0.813. The molecule has 18 heavy (non-hydrogen) atoms. The van der Waals surface area contributed by atoms with Gasteiger partial charge in [0, 0.05) is 5.56 Å². The van der Waals surface area contributed by atoms with Gasteiger partial charge in [-0.1, -0.05) is 24.3 Å². The van der Waals surface area contributed by atoms with Gasteiger partial charge in [0.1, 0.15) is 5.75 Å². The highest BCUT2D eigenvalue weighted by Crippen LogP contribution is 2.45. The molecule has 1 saturated carbocycles. The van der Waals surface area contributed by atoms with Crippen LogP contribution < -0.4 is 10.9 Å². The molecule has 1 heterocycles. The lowest BCUT2D eigenvalue weighted by Gasteiger charge is -2.20. The van der Waals surface area contributed by atoms with E-state index in [9.17, 15) is 0 Å². The zero-order valence-corrected chi connectivity index (χ0v) is 10.6. The summed E-state index contributed by atoms with van der Waals surface area (Å²) in [5.74, 6) is 1.93. The summed E-state index contributed by atoms with van der Waals surface area (Å²) < 4.78 is 5.79. The van der Waals surface area contributed by atoms with Gasteiger partial charge in [-0.3, -0.25) is 0 Å². The van der Waals surface area contributed by atoms with Gasteiger partial charge in [-0.05, 0) is 54.0 Å². The topological polar surface area (TPSA) is 44.2 Å². The molecule has 0 bridgehead atoms. The first-order valence-electron chi connectivity index (χ1n) is 6.61. The van der Waals surface area contributed by atoms with Crippen LogP contribution in [0.3, 0.4) is 0 Å². The standard InChI is InChI=1S/C16H16O.H3N/c1-3-12-8-9-15-14(5-2-10-17-15)16(12)13(4-1)11-6-7-11;/h1,3-4,8-9,11H,2,5-7,10H2;1H3. The Morgan fingerprint density at radius 3 is 2.78 bits per heavy atom. The van der Waals surface area contributed by atoms with Gasteiger partial charge in [0.25, 0.3) is 0 Å². The highest BCUT2D eigenvalue weighted by atomic mass is 16.5. The minimum atomic E-state index is 0. The second-order valence-electron chi connectivity index (χ2n) is 5.21. The molecule has 0 atom stereocenters. The third-order valence-electron chi connectivity index (χ3n) is 3.99. The summed E-state index contributed by atoms with van der Waals surface area (Å²) >= 11 is 0. The van der Waals surface area contributed by atoms with Gasteiger partial charge < -0.3 is 10.9 Å². The Labute approximate surface area is 108 Å². The molecular weight excluding hydrogens is 222 g/mol. The molecule has 0 radical (unpaired) electrons. The maximum atomic E-state index is 5.79. The molecule has 2 aliphatic rings. The summed E-state index contributed by atoms with van der Waals surface area (Å²) in [7, 11) is 0. The third kappa shape index (κ3) is 1.68. The van der Waals surface area contributed by atoms with Gasteiger partial charge in [-0.15, -0.1) is 0 Å². The summed E-state index contributed by atoms with van der Waals surface area (Å²) in [6.07, 6.45) is 5.06. The van der Waals surface area contributed by atoms with Crippen LogP contribution in [0.2, 0.25) is 0 Å². The van der Waals surface area contributed by atoms with E-state index in [2.05, 4.69) is 30.3 Å². The Morgan fingerprint density at radius 1 is 1.06 bits per heavy atom. The van der Waals surface area contributed by atoms with Crippen molar-refractivity contribution in [3.8, 4) is 5.75 Å². The first-order valence-corrected chi connectivity index (χ1v) is 6.61. The minimum Gasteiger partial charge on any atom is -0.493 e. The molecule has 2 nitrogen and oxygen atoms in total. The predicted molar refractivity (Wildman–Crippen MR) is 74.8 cm³/mol. The van der Waals surface area contributed by atoms with Crippen LogP contribution in [0.25, 0.3) is 10.8 Å². The molecule has 0 amide bonds. The van der Waals surface area contributed by atoms with Crippen LogP contribution in [0, 0.1) is 0 Å². The highest BCUT2D eigenvalue weighted by molar-refractivity contribution is 5.91. The van der Waals surface area contributed by atoms with E-state index in [4.69, 9.17) is 4.74 Å². The van der Waals surface area contributed by atoms with Crippen molar-refractivity contribution in [1.82, 2.24) is 6.15 Å². The van der Waals surface area contributed by atoms with Crippen LogP contribution in [-0.2, 0) is 6.42 Å². The summed E-state index contributed by atoms with van der Waals surface area (Å²) in [5, 5.41) is 2.88. The maximum Gasteiger partial charge on any atom is 0.123 e. The summed E-state index contributed by atoms with van der Waals surface area (Å²) in [6.45, 7) is 0.879. The van der Waals surface area contributed by atoms with Crippen molar-refractivity contribution in [2.75, 3.05) is 6.61 Å². The average Bonchev–Trinajstić information content (AvgIpc) is 3.22. The lowest BCUT2D eigenvalue weighted by atomic mass is 9.93. The molecular formula is C16H19NO. The van der Waals surface area contributed by atoms with Crippen molar-refractivity contribution in [3.63, 3.8) is 0 Å². The fourth-order valence-corrected chi connectivity index (χ4v) is 3.01. The molecule has 0 spiro atoms. The van der Waals surface area contributed by atoms with E-state index in [0.29, 0.717) is 0 Å². The predicted octanol–water partition coefficient (Wildman–Crippen LogP) is 4.20. The maximum absolute atomic E-state index is 5.79. The van der Waals surface area contributed by atoms with Crippen molar-refractivity contribution >= 4 is 10.8 Å². The van der Waals surface area contributed by atoms with Crippen molar-refractivity contribution in [3.05, 3.63) is 41.5 Å². The fraction of sp³-hybridized carbons (Fsp3) is 0.375. The van der Waals surface area contributed by atoms with E-state index < -0.39 is 0 Å². The largest absolute Gasteiger partial charge is 0.493 e. The molecule has 2 aromatic carbocycles. The molecule has 2 heteroatoms. The molecule has 1 fully saturated rings. The Balaban J connectivity index is 0.000001000.